The maximum absolute atomic E-state index is 11.7. The predicted octanol–water partition coefficient (Wildman–Crippen LogP) is 1.93. The standard InChI is InChI=1S/C14H14BrN3O3/c1-9-3-2-4-11(5-9)21-8-13(19)17-18-14(20)12-6-10(15)7-16-12/h2-7,16H,8H2,1H3,(H,17,19)(H,18,20). The molecule has 0 saturated heterocycles. The third kappa shape index (κ3) is 4.64. The third-order valence-corrected chi connectivity index (χ3v) is 3.03. The molecular formula is C14H14BrN3O3. The van der Waals surface area contributed by atoms with Gasteiger partial charge in [-0.3, -0.25) is 20.4 Å². The summed E-state index contributed by atoms with van der Waals surface area (Å²) in [5, 5.41) is 0. The number of hydrogen-bond donors (Lipinski definition) is 3. The maximum Gasteiger partial charge on any atom is 0.286 e. The van der Waals surface area contributed by atoms with Crippen LogP contribution in [0.4, 0.5) is 0 Å². The fourth-order valence-electron chi connectivity index (χ4n) is 1.58. The van der Waals surface area contributed by atoms with Gasteiger partial charge in [-0.2, -0.15) is 0 Å². The Morgan fingerprint density at radius 2 is 2.10 bits per heavy atom. The minimum Gasteiger partial charge on any atom is -0.484 e. The number of hydrazine groups is 1. The van der Waals surface area contributed by atoms with Gasteiger partial charge >= 0.3 is 0 Å². The quantitative estimate of drug-likeness (QED) is 0.736. The number of rotatable bonds is 4. The number of hydrogen-bond acceptors (Lipinski definition) is 3. The smallest absolute Gasteiger partial charge is 0.286 e. The van der Waals surface area contributed by atoms with E-state index in [2.05, 4.69) is 31.8 Å². The molecule has 1 aromatic heterocycles. The lowest BCUT2D eigenvalue weighted by Crippen LogP contribution is -2.43. The van der Waals surface area contributed by atoms with E-state index in [-0.39, 0.29) is 6.61 Å². The van der Waals surface area contributed by atoms with Crippen molar-refractivity contribution in [3.05, 3.63) is 52.3 Å². The van der Waals surface area contributed by atoms with Crippen LogP contribution in [0.3, 0.4) is 0 Å². The molecule has 1 aromatic carbocycles. The average Bonchev–Trinajstić information content (AvgIpc) is 2.89. The number of H-pyrrole nitrogens is 1. The van der Waals surface area contributed by atoms with Crippen LogP contribution in [0.5, 0.6) is 5.75 Å². The Bertz CT molecular complexity index is 654. The Labute approximate surface area is 130 Å². The van der Waals surface area contributed by atoms with Gasteiger partial charge in [0.05, 0.1) is 0 Å². The molecule has 110 valence electrons. The molecule has 2 rings (SSSR count). The molecule has 3 N–H and O–H groups in total. The summed E-state index contributed by atoms with van der Waals surface area (Å²) in [6, 6.07) is 8.96. The number of benzene rings is 1. The van der Waals surface area contributed by atoms with Crippen LogP contribution in [0.25, 0.3) is 0 Å². The highest BCUT2D eigenvalue weighted by molar-refractivity contribution is 9.10. The topological polar surface area (TPSA) is 83.2 Å². The van der Waals surface area contributed by atoms with Crippen molar-refractivity contribution in [2.24, 2.45) is 0 Å². The van der Waals surface area contributed by atoms with Crippen LogP contribution in [0, 0.1) is 6.92 Å². The molecule has 0 fully saturated rings. The van der Waals surface area contributed by atoms with E-state index in [4.69, 9.17) is 4.74 Å². The zero-order valence-electron chi connectivity index (χ0n) is 11.3. The Hall–Kier alpha value is -2.28. The van der Waals surface area contributed by atoms with Crippen molar-refractivity contribution in [2.75, 3.05) is 6.61 Å². The van der Waals surface area contributed by atoms with Gasteiger partial charge in [-0.1, -0.05) is 12.1 Å². The summed E-state index contributed by atoms with van der Waals surface area (Å²) in [4.78, 5) is 26.0. The number of aryl methyl sites for hydroxylation is 1. The van der Waals surface area contributed by atoms with E-state index >= 15 is 0 Å². The first kappa shape index (κ1) is 15.1. The number of carbonyl (C=O) groups excluding carboxylic acids is 2. The molecule has 7 heteroatoms. The van der Waals surface area contributed by atoms with Crippen LogP contribution < -0.4 is 15.6 Å². The van der Waals surface area contributed by atoms with Gasteiger partial charge in [0.15, 0.2) is 6.61 Å². The Morgan fingerprint density at radius 1 is 1.29 bits per heavy atom. The summed E-state index contributed by atoms with van der Waals surface area (Å²) in [6.07, 6.45) is 1.62. The molecule has 0 aliphatic rings. The second kappa shape index (κ2) is 6.94. The fraction of sp³-hybridized carbons (Fsp3) is 0.143. The molecule has 2 aromatic rings. The van der Waals surface area contributed by atoms with Crippen molar-refractivity contribution < 1.29 is 14.3 Å². The van der Waals surface area contributed by atoms with Crippen molar-refractivity contribution in [3.63, 3.8) is 0 Å². The molecule has 21 heavy (non-hydrogen) atoms. The van der Waals surface area contributed by atoms with Gasteiger partial charge in [0.2, 0.25) is 0 Å². The number of halogens is 1. The summed E-state index contributed by atoms with van der Waals surface area (Å²) in [7, 11) is 0. The van der Waals surface area contributed by atoms with E-state index in [0.717, 1.165) is 10.0 Å². The summed E-state index contributed by atoms with van der Waals surface area (Å²) < 4.78 is 6.06. The lowest BCUT2D eigenvalue weighted by atomic mass is 10.2. The molecule has 6 nitrogen and oxygen atoms in total. The second-order valence-electron chi connectivity index (χ2n) is 4.34. The van der Waals surface area contributed by atoms with Crippen LogP contribution in [0.15, 0.2) is 41.0 Å². The fourth-order valence-corrected chi connectivity index (χ4v) is 1.93. The van der Waals surface area contributed by atoms with Crippen LogP contribution in [0.1, 0.15) is 16.1 Å². The Morgan fingerprint density at radius 3 is 2.76 bits per heavy atom. The van der Waals surface area contributed by atoms with E-state index in [1.165, 1.54) is 0 Å². The summed E-state index contributed by atoms with van der Waals surface area (Å²) >= 11 is 3.22. The molecular weight excluding hydrogens is 338 g/mol. The largest absolute Gasteiger partial charge is 0.484 e. The van der Waals surface area contributed by atoms with Crippen LogP contribution in [-0.4, -0.2) is 23.4 Å². The molecule has 2 amide bonds. The minimum atomic E-state index is -0.449. The summed E-state index contributed by atoms with van der Waals surface area (Å²) in [5.41, 5.74) is 5.94. The minimum absolute atomic E-state index is 0.182. The second-order valence-corrected chi connectivity index (χ2v) is 5.25. The van der Waals surface area contributed by atoms with Crippen LogP contribution in [0.2, 0.25) is 0 Å². The molecule has 1 heterocycles. The number of aromatic amines is 1. The summed E-state index contributed by atoms with van der Waals surface area (Å²) in [5.74, 6) is -0.287. The number of amides is 2. The highest BCUT2D eigenvalue weighted by Crippen LogP contribution is 2.12. The van der Waals surface area contributed by atoms with Crippen molar-refractivity contribution in [1.29, 1.82) is 0 Å². The first-order valence-electron chi connectivity index (χ1n) is 6.17. The number of aromatic nitrogens is 1. The highest BCUT2D eigenvalue weighted by atomic mass is 79.9. The first-order valence-corrected chi connectivity index (χ1v) is 6.96. The lowest BCUT2D eigenvalue weighted by Gasteiger charge is -2.08. The van der Waals surface area contributed by atoms with Gasteiger partial charge in [0.25, 0.3) is 11.8 Å². The van der Waals surface area contributed by atoms with Crippen molar-refractivity contribution in [2.45, 2.75) is 6.92 Å². The van der Waals surface area contributed by atoms with Gasteiger partial charge in [0, 0.05) is 10.7 Å². The molecule has 0 radical (unpaired) electrons. The Kier molecular flexibility index (Phi) is 4.99. The monoisotopic (exact) mass is 351 g/mol. The van der Waals surface area contributed by atoms with E-state index < -0.39 is 11.8 Å². The van der Waals surface area contributed by atoms with Crippen molar-refractivity contribution in [3.8, 4) is 5.75 Å². The molecule has 0 atom stereocenters. The van der Waals surface area contributed by atoms with Gasteiger partial charge in [-0.25, -0.2) is 0 Å². The predicted molar refractivity (Wildman–Crippen MR) is 80.8 cm³/mol. The van der Waals surface area contributed by atoms with Gasteiger partial charge in [0.1, 0.15) is 11.4 Å². The number of ether oxygens (including phenoxy) is 1. The molecule has 0 unspecified atom stereocenters. The molecule has 0 bridgehead atoms. The number of nitrogens with one attached hydrogen (secondary N) is 3. The van der Waals surface area contributed by atoms with E-state index in [0.29, 0.717) is 11.4 Å². The van der Waals surface area contributed by atoms with E-state index in [1.807, 2.05) is 25.1 Å². The van der Waals surface area contributed by atoms with Crippen LogP contribution in [-0.2, 0) is 4.79 Å². The third-order valence-electron chi connectivity index (χ3n) is 2.57. The van der Waals surface area contributed by atoms with E-state index in [1.54, 1.807) is 18.3 Å². The normalized spacial score (nSPS) is 10.0. The molecule has 0 aliphatic heterocycles. The maximum atomic E-state index is 11.7. The summed E-state index contributed by atoms with van der Waals surface area (Å²) in [6.45, 7) is 1.75. The molecule has 0 saturated carbocycles. The van der Waals surface area contributed by atoms with Gasteiger partial charge in [-0.05, 0) is 46.6 Å². The number of carbonyl (C=O) groups is 2. The average molecular weight is 352 g/mol. The van der Waals surface area contributed by atoms with E-state index in [9.17, 15) is 9.59 Å². The van der Waals surface area contributed by atoms with Gasteiger partial charge < -0.3 is 9.72 Å². The Balaban J connectivity index is 1.76. The van der Waals surface area contributed by atoms with Gasteiger partial charge in [-0.15, -0.1) is 0 Å². The van der Waals surface area contributed by atoms with Crippen LogP contribution >= 0.6 is 15.9 Å². The SMILES string of the molecule is Cc1cccc(OCC(=O)NNC(=O)c2cc(Br)c[nH]2)c1. The molecule has 0 aliphatic carbocycles. The zero-order chi connectivity index (χ0) is 15.2. The van der Waals surface area contributed by atoms with Crippen molar-refractivity contribution in [1.82, 2.24) is 15.8 Å². The zero-order valence-corrected chi connectivity index (χ0v) is 12.9. The lowest BCUT2D eigenvalue weighted by molar-refractivity contribution is -0.123. The highest BCUT2D eigenvalue weighted by Gasteiger charge is 2.09. The van der Waals surface area contributed by atoms with Crippen molar-refractivity contribution >= 4 is 27.7 Å². The molecule has 0 spiro atoms. The first-order chi connectivity index (χ1) is 10.0.